The number of carbonyl (C=O) groups excluding carboxylic acids is 2. The van der Waals surface area contributed by atoms with Crippen molar-refractivity contribution >= 4 is 74.9 Å². The largest absolute Gasteiger partial charge is 0.332 e. The maximum absolute atomic E-state index is 12.4. The maximum atomic E-state index is 12.4. The molecule has 0 bridgehead atoms. The van der Waals surface area contributed by atoms with Gasteiger partial charge in [-0.3, -0.25) is 14.9 Å². The van der Waals surface area contributed by atoms with Crippen LogP contribution in [0.15, 0.2) is 66.7 Å². The van der Waals surface area contributed by atoms with Crippen LogP contribution in [0, 0.1) is 0 Å². The molecule has 154 valence electrons. The molecule has 0 spiro atoms. The van der Waals surface area contributed by atoms with Crippen LogP contribution in [0.5, 0.6) is 0 Å². The van der Waals surface area contributed by atoms with Crippen molar-refractivity contribution in [1.82, 2.24) is 14.1 Å². The van der Waals surface area contributed by atoms with E-state index < -0.39 is 0 Å². The van der Waals surface area contributed by atoms with Gasteiger partial charge in [0.1, 0.15) is 11.0 Å². The lowest BCUT2D eigenvalue weighted by Gasteiger charge is -2.11. The van der Waals surface area contributed by atoms with Crippen molar-refractivity contribution in [2.24, 2.45) is 0 Å². The number of hydrogen-bond donors (Lipinski definition) is 3. The van der Waals surface area contributed by atoms with E-state index in [0.717, 1.165) is 17.2 Å². The van der Waals surface area contributed by atoms with Gasteiger partial charge in [-0.1, -0.05) is 17.7 Å². The molecule has 0 aliphatic heterocycles. The number of nitrogens with zero attached hydrogens (tertiary/aromatic N) is 2. The van der Waals surface area contributed by atoms with Gasteiger partial charge in [-0.05, 0) is 72.9 Å². The van der Waals surface area contributed by atoms with Crippen LogP contribution in [-0.2, 0) is 0 Å². The van der Waals surface area contributed by atoms with Crippen LogP contribution in [0.4, 0.5) is 11.4 Å². The van der Waals surface area contributed by atoms with E-state index in [1.165, 1.54) is 0 Å². The molecule has 1 heterocycles. The average Bonchev–Trinajstić information content (AvgIpc) is 3.23. The number of thiocarbonyl (C=S) groups is 1. The van der Waals surface area contributed by atoms with Gasteiger partial charge in [0.25, 0.3) is 11.8 Å². The van der Waals surface area contributed by atoms with Crippen molar-refractivity contribution < 1.29 is 9.59 Å². The molecule has 0 saturated heterocycles. The first-order valence-electron chi connectivity index (χ1n) is 8.99. The number of nitrogens with one attached hydrogen (secondary N) is 3. The number of aromatic nitrogens is 2. The zero-order valence-electron chi connectivity index (χ0n) is 15.8. The normalized spacial score (nSPS) is 10.5. The van der Waals surface area contributed by atoms with Gasteiger partial charge >= 0.3 is 0 Å². The lowest BCUT2D eigenvalue weighted by molar-refractivity contribution is 0.0976. The minimum absolute atomic E-state index is 0.150. The first-order valence-corrected chi connectivity index (χ1v) is 10.5. The lowest BCUT2D eigenvalue weighted by atomic mass is 10.2. The summed E-state index contributed by atoms with van der Waals surface area (Å²) in [6.45, 7) is 0. The highest BCUT2D eigenvalue weighted by atomic mass is 35.5. The minimum Gasteiger partial charge on any atom is -0.332 e. The van der Waals surface area contributed by atoms with E-state index in [1.54, 1.807) is 66.7 Å². The molecule has 7 nitrogen and oxygen atoms in total. The first kappa shape index (κ1) is 20.9. The molecule has 1 aromatic heterocycles. The number of halogens is 1. The summed E-state index contributed by atoms with van der Waals surface area (Å²) < 4.78 is 8.24. The molecule has 0 saturated carbocycles. The first-order chi connectivity index (χ1) is 15.0. The molecule has 0 atom stereocenters. The van der Waals surface area contributed by atoms with Gasteiger partial charge in [0.05, 0.1) is 11.7 Å². The maximum Gasteiger partial charge on any atom is 0.257 e. The number of rotatable bonds is 4. The Kier molecular flexibility index (Phi) is 6.17. The summed E-state index contributed by atoms with van der Waals surface area (Å²) in [6, 6.07) is 18.7. The molecule has 4 rings (SSSR count). The smallest absolute Gasteiger partial charge is 0.257 e. The third kappa shape index (κ3) is 5.21. The van der Waals surface area contributed by atoms with E-state index in [2.05, 4.69) is 24.7 Å². The minimum atomic E-state index is -0.349. The zero-order chi connectivity index (χ0) is 21.8. The Morgan fingerprint density at radius 1 is 0.806 bits per heavy atom. The van der Waals surface area contributed by atoms with Crippen LogP contribution in [0.2, 0.25) is 5.02 Å². The van der Waals surface area contributed by atoms with Crippen molar-refractivity contribution in [2.75, 3.05) is 10.6 Å². The standard InChI is InChI=1S/C21H14ClN5O2S2/c22-14-3-1-2-12(10-14)19(28)23-15-5-7-16(8-6-15)24-21(30)25-20(29)13-4-9-17-18(11-13)27-31-26-17/h1-11H,(H,23,28)(H2,24,25,29,30). The average molecular weight is 468 g/mol. The van der Waals surface area contributed by atoms with Crippen molar-refractivity contribution in [3.63, 3.8) is 0 Å². The topological polar surface area (TPSA) is 96.0 Å². The number of fused-ring (bicyclic) bond motifs is 1. The summed E-state index contributed by atoms with van der Waals surface area (Å²) in [5.74, 6) is -0.615. The zero-order valence-corrected chi connectivity index (χ0v) is 18.1. The van der Waals surface area contributed by atoms with E-state index in [4.69, 9.17) is 23.8 Å². The Morgan fingerprint density at radius 3 is 2.23 bits per heavy atom. The van der Waals surface area contributed by atoms with Gasteiger partial charge in [-0.15, -0.1) is 0 Å². The molecule has 0 aliphatic carbocycles. The van der Waals surface area contributed by atoms with Crippen molar-refractivity contribution in [3.05, 3.63) is 82.9 Å². The van der Waals surface area contributed by atoms with E-state index in [9.17, 15) is 9.59 Å². The third-order valence-corrected chi connectivity index (χ3v) is 5.23. The summed E-state index contributed by atoms with van der Waals surface area (Å²) in [5, 5.41) is 9.00. The Hall–Kier alpha value is -3.40. The van der Waals surface area contributed by atoms with Crippen LogP contribution >= 0.6 is 35.5 Å². The number of hydrogen-bond acceptors (Lipinski definition) is 6. The predicted molar refractivity (Wildman–Crippen MR) is 127 cm³/mol. The quantitative estimate of drug-likeness (QED) is 0.376. The van der Waals surface area contributed by atoms with Crippen molar-refractivity contribution in [3.8, 4) is 0 Å². The van der Waals surface area contributed by atoms with Gasteiger partial charge < -0.3 is 10.6 Å². The fraction of sp³-hybridized carbons (Fsp3) is 0. The fourth-order valence-electron chi connectivity index (χ4n) is 2.73. The second-order valence-electron chi connectivity index (χ2n) is 6.42. The summed E-state index contributed by atoms with van der Waals surface area (Å²) in [7, 11) is 0. The number of benzene rings is 3. The molecule has 4 aromatic rings. The van der Waals surface area contributed by atoms with Crippen LogP contribution in [0.3, 0.4) is 0 Å². The fourth-order valence-corrected chi connectivity index (χ4v) is 3.65. The Balaban J connectivity index is 1.34. The molecule has 2 amide bonds. The SMILES string of the molecule is O=C(NC(=S)Nc1ccc(NC(=O)c2cccc(Cl)c2)cc1)c1ccc2nsnc2c1. The van der Waals surface area contributed by atoms with E-state index >= 15 is 0 Å². The Morgan fingerprint density at radius 2 is 1.48 bits per heavy atom. The van der Waals surface area contributed by atoms with Gasteiger partial charge in [-0.25, -0.2) is 0 Å². The van der Waals surface area contributed by atoms with E-state index in [1.807, 2.05) is 0 Å². The van der Waals surface area contributed by atoms with Gasteiger partial charge in [0.15, 0.2) is 5.11 Å². The van der Waals surface area contributed by atoms with Crippen molar-refractivity contribution in [2.45, 2.75) is 0 Å². The van der Waals surface area contributed by atoms with Crippen LogP contribution < -0.4 is 16.0 Å². The molecule has 0 radical (unpaired) electrons. The van der Waals surface area contributed by atoms with Gasteiger partial charge in [-0.2, -0.15) is 8.75 Å². The summed E-state index contributed by atoms with van der Waals surface area (Å²) in [4.78, 5) is 24.7. The molecule has 10 heteroatoms. The number of carbonyl (C=O) groups is 2. The number of anilines is 2. The molecule has 3 aromatic carbocycles. The lowest BCUT2D eigenvalue weighted by Crippen LogP contribution is -2.34. The third-order valence-electron chi connectivity index (χ3n) is 4.23. The Bertz CT molecular complexity index is 1290. The highest BCUT2D eigenvalue weighted by Crippen LogP contribution is 2.17. The summed E-state index contributed by atoms with van der Waals surface area (Å²) in [6.07, 6.45) is 0. The van der Waals surface area contributed by atoms with Crippen LogP contribution in [0.1, 0.15) is 20.7 Å². The van der Waals surface area contributed by atoms with Gasteiger partial charge in [0, 0.05) is 27.5 Å². The summed E-state index contributed by atoms with van der Waals surface area (Å²) >= 11 is 12.2. The van der Waals surface area contributed by atoms with Crippen LogP contribution in [-0.4, -0.2) is 25.7 Å². The molecular formula is C21H14ClN5O2S2. The summed E-state index contributed by atoms with van der Waals surface area (Å²) in [5.41, 5.74) is 3.56. The van der Waals surface area contributed by atoms with Gasteiger partial charge in [0.2, 0.25) is 0 Å². The van der Waals surface area contributed by atoms with Crippen LogP contribution in [0.25, 0.3) is 11.0 Å². The van der Waals surface area contributed by atoms with Crippen molar-refractivity contribution in [1.29, 1.82) is 0 Å². The van der Waals surface area contributed by atoms with E-state index in [0.29, 0.717) is 33.0 Å². The second kappa shape index (κ2) is 9.17. The molecule has 0 fully saturated rings. The molecular weight excluding hydrogens is 454 g/mol. The molecule has 31 heavy (non-hydrogen) atoms. The monoisotopic (exact) mass is 467 g/mol. The van der Waals surface area contributed by atoms with E-state index in [-0.39, 0.29) is 16.9 Å². The Labute approximate surface area is 191 Å². The second-order valence-corrected chi connectivity index (χ2v) is 7.79. The molecule has 0 unspecified atom stereocenters. The number of amides is 2. The highest BCUT2D eigenvalue weighted by Gasteiger charge is 2.11. The molecule has 3 N–H and O–H groups in total. The molecule has 0 aliphatic rings. The predicted octanol–water partition coefficient (Wildman–Crippen LogP) is 4.72. The highest BCUT2D eigenvalue weighted by molar-refractivity contribution is 7.80.